The van der Waals surface area contributed by atoms with Gasteiger partial charge in [0.25, 0.3) is 0 Å². The lowest BCUT2D eigenvalue weighted by Gasteiger charge is -2.25. The lowest BCUT2D eigenvalue weighted by molar-refractivity contribution is 0.130. The van der Waals surface area contributed by atoms with Crippen molar-refractivity contribution in [3.8, 4) is 11.5 Å². The van der Waals surface area contributed by atoms with E-state index in [9.17, 15) is 0 Å². The number of fused-ring (bicyclic) bond motifs is 1. The van der Waals surface area contributed by atoms with E-state index in [1.807, 2.05) is 0 Å². The zero-order valence-electron chi connectivity index (χ0n) is 12.6. The van der Waals surface area contributed by atoms with Crippen LogP contribution in [-0.2, 0) is 6.42 Å². The number of benzene rings is 1. The van der Waals surface area contributed by atoms with Crippen LogP contribution in [0, 0.1) is 5.92 Å². The molecule has 1 aromatic carbocycles. The Bertz CT molecular complexity index is 460. The van der Waals surface area contributed by atoms with E-state index >= 15 is 0 Å². The maximum atomic E-state index is 6.28. The van der Waals surface area contributed by atoms with Gasteiger partial charge in [0.1, 0.15) is 17.6 Å². The molecule has 2 aliphatic heterocycles. The second-order valence-corrected chi connectivity index (χ2v) is 6.26. The molecular formula is C17H25NO2. The fourth-order valence-electron chi connectivity index (χ4n) is 3.31. The number of aryl methyl sites for hydroxylation is 1. The number of nitrogens with zero attached hydrogens (tertiary/aromatic N) is 1. The summed E-state index contributed by atoms with van der Waals surface area (Å²) in [5, 5.41) is 0. The first kappa shape index (κ1) is 13.7. The molecule has 3 nitrogen and oxygen atoms in total. The number of likely N-dealkylation sites (tertiary alicyclic amines) is 1. The lowest BCUT2D eigenvalue weighted by Crippen LogP contribution is -2.30. The molecule has 20 heavy (non-hydrogen) atoms. The summed E-state index contributed by atoms with van der Waals surface area (Å²) in [7, 11) is 2.20. The summed E-state index contributed by atoms with van der Waals surface area (Å²) < 4.78 is 11.9. The minimum atomic E-state index is 0.336. The fourth-order valence-corrected chi connectivity index (χ4v) is 3.31. The maximum Gasteiger partial charge on any atom is 0.122 e. The van der Waals surface area contributed by atoms with Crippen molar-refractivity contribution in [2.24, 2.45) is 5.92 Å². The number of rotatable bonds is 2. The smallest absolute Gasteiger partial charge is 0.122 e. The molecule has 1 aromatic rings. The Hall–Kier alpha value is -1.22. The minimum absolute atomic E-state index is 0.336. The van der Waals surface area contributed by atoms with Crippen LogP contribution in [0.5, 0.6) is 11.5 Å². The second-order valence-electron chi connectivity index (χ2n) is 6.26. The molecule has 2 atom stereocenters. The van der Waals surface area contributed by atoms with Gasteiger partial charge in [0, 0.05) is 12.5 Å². The molecule has 0 saturated carbocycles. The number of hydrogen-bond acceptors (Lipinski definition) is 3. The van der Waals surface area contributed by atoms with Crippen LogP contribution in [0.25, 0.3) is 0 Å². The van der Waals surface area contributed by atoms with E-state index in [1.165, 1.54) is 18.5 Å². The van der Waals surface area contributed by atoms with Crippen LogP contribution in [0.3, 0.4) is 0 Å². The van der Waals surface area contributed by atoms with E-state index in [0.29, 0.717) is 12.0 Å². The van der Waals surface area contributed by atoms with E-state index in [1.54, 1.807) is 0 Å². The van der Waals surface area contributed by atoms with Crippen molar-refractivity contribution in [2.75, 3.05) is 26.7 Å². The van der Waals surface area contributed by atoms with Gasteiger partial charge in [-0.2, -0.15) is 0 Å². The molecule has 2 unspecified atom stereocenters. The largest absolute Gasteiger partial charge is 0.493 e. The van der Waals surface area contributed by atoms with Gasteiger partial charge in [-0.1, -0.05) is 6.92 Å². The van der Waals surface area contributed by atoms with Crippen LogP contribution in [0.1, 0.15) is 31.7 Å². The van der Waals surface area contributed by atoms with E-state index in [-0.39, 0.29) is 0 Å². The van der Waals surface area contributed by atoms with E-state index in [2.05, 4.69) is 37.1 Å². The molecule has 3 heteroatoms. The van der Waals surface area contributed by atoms with Crippen molar-refractivity contribution in [2.45, 2.75) is 38.7 Å². The van der Waals surface area contributed by atoms with Crippen LogP contribution in [0.2, 0.25) is 0 Å². The van der Waals surface area contributed by atoms with Crippen molar-refractivity contribution in [1.29, 1.82) is 0 Å². The third-order valence-electron chi connectivity index (χ3n) is 4.43. The molecule has 110 valence electrons. The van der Waals surface area contributed by atoms with Gasteiger partial charge in [0.15, 0.2) is 0 Å². The summed E-state index contributed by atoms with van der Waals surface area (Å²) >= 11 is 0. The van der Waals surface area contributed by atoms with Crippen LogP contribution in [0.15, 0.2) is 18.2 Å². The van der Waals surface area contributed by atoms with Gasteiger partial charge in [0.05, 0.1) is 6.61 Å². The SMILES string of the molecule is CC1CN(C)CCCC1Oc1ccc2c(c1)CCCO2. The Morgan fingerprint density at radius 2 is 2.20 bits per heavy atom. The molecule has 0 aromatic heterocycles. The molecule has 3 rings (SSSR count). The van der Waals surface area contributed by atoms with Gasteiger partial charge in [0.2, 0.25) is 0 Å². The Balaban J connectivity index is 1.70. The van der Waals surface area contributed by atoms with Crippen LogP contribution >= 0.6 is 0 Å². The standard InChI is InChI=1S/C17H25NO2/c1-13-12-18(2)9-3-6-16(13)20-15-7-8-17-14(11-15)5-4-10-19-17/h7-8,11,13,16H,3-6,9-10,12H2,1-2H3. The summed E-state index contributed by atoms with van der Waals surface area (Å²) in [5.41, 5.74) is 1.30. The zero-order chi connectivity index (χ0) is 13.9. The van der Waals surface area contributed by atoms with Gasteiger partial charge in [-0.05, 0) is 63.0 Å². The highest BCUT2D eigenvalue weighted by Gasteiger charge is 2.24. The third kappa shape index (κ3) is 3.09. The average Bonchev–Trinajstić information content (AvgIpc) is 2.60. The Morgan fingerprint density at radius 1 is 1.30 bits per heavy atom. The van der Waals surface area contributed by atoms with Crippen LogP contribution in [0.4, 0.5) is 0 Å². The van der Waals surface area contributed by atoms with Gasteiger partial charge in [-0.15, -0.1) is 0 Å². The highest BCUT2D eigenvalue weighted by molar-refractivity contribution is 5.41. The predicted molar refractivity (Wildman–Crippen MR) is 80.6 cm³/mol. The summed E-state index contributed by atoms with van der Waals surface area (Å²) in [6.07, 6.45) is 4.93. The topological polar surface area (TPSA) is 21.7 Å². The maximum absolute atomic E-state index is 6.28. The van der Waals surface area contributed by atoms with Crippen LogP contribution in [-0.4, -0.2) is 37.7 Å². The second kappa shape index (κ2) is 6.04. The highest BCUT2D eigenvalue weighted by Crippen LogP contribution is 2.30. The Labute approximate surface area is 121 Å². The van der Waals surface area contributed by atoms with Crippen molar-refractivity contribution in [3.63, 3.8) is 0 Å². The third-order valence-corrected chi connectivity index (χ3v) is 4.43. The number of hydrogen-bond donors (Lipinski definition) is 0. The molecule has 2 aliphatic rings. The van der Waals surface area contributed by atoms with Crippen LogP contribution < -0.4 is 9.47 Å². The summed E-state index contributed by atoms with van der Waals surface area (Å²) in [6.45, 7) is 5.45. The molecule has 0 N–H and O–H groups in total. The molecule has 1 saturated heterocycles. The van der Waals surface area contributed by atoms with Gasteiger partial charge in [-0.25, -0.2) is 0 Å². The normalized spacial score (nSPS) is 27.3. The quantitative estimate of drug-likeness (QED) is 0.828. The number of ether oxygens (including phenoxy) is 2. The minimum Gasteiger partial charge on any atom is -0.493 e. The fraction of sp³-hybridized carbons (Fsp3) is 0.647. The van der Waals surface area contributed by atoms with E-state index in [4.69, 9.17) is 9.47 Å². The van der Waals surface area contributed by atoms with Crippen molar-refractivity contribution in [1.82, 2.24) is 4.90 Å². The van der Waals surface area contributed by atoms with Crippen molar-refractivity contribution in [3.05, 3.63) is 23.8 Å². The van der Waals surface area contributed by atoms with Gasteiger partial charge < -0.3 is 14.4 Å². The summed E-state index contributed by atoms with van der Waals surface area (Å²) in [6, 6.07) is 6.30. The summed E-state index contributed by atoms with van der Waals surface area (Å²) in [4.78, 5) is 2.41. The summed E-state index contributed by atoms with van der Waals surface area (Å²) in [5.74, 6) is 2.63. The van der Waals surface area contributed by atoms with Crippen molar-refractivity contribution >= 4 is 0 Å². The lowest BCUT2D eigenvalue weighted by atomic mass is 10.0. The highest BCUT2D eigenvalue weighted by atomic mass is 16.5. The Kier molecular flexibility index (Phi) is 4.16. The molecule has 0 amide bonds. The molecule has 0 aliphatic carbocycles. The first-order valence-electron chi connectivity index (χ1n) is 7.83. The predicted octanol–water partition coefficient (Wildman–Crippen LogP) is 3.12. The molecule has 0 radical (unpaired) electrons. The molecule has 1 fully saturated rings. The average molecular weight is 275 g/mol. The molecular weight excluding hydrogens is 250 g/mol. The van der Waals surface area contributed by atoms with E-state index < -0.39 is 0 Å². The first-order valence-corrected chi connectivity index (χ1v) is 7.83. The van der Waals surface area contributed by atoms with Gasteiger partial charge in [-0.3, -0.25) is 0 Å². The molecule has 0 bridgehead atoms. The van der Waals surface area contributed by atoms with E-state index in [0.717, 1.165) is 43.9 Å². The molecule has 2 heterocycles. The zero-order valence-corrected chi connectivity index (χ0v) is 12.6. The molecule has 0 spiro atoms. The monoisotopic (exact) mass is 275 g/mol. The Morgan fingerprint density at radius 3 is 3.10 bits per heavy atom. The van der Waals surface area contributed by atoms with Gasteiger partial charge >= 0.3 is 0 Å². The van der Waals surface area contributed by atoms with Crippen molar-refractivity contribution < 1.29 is 9.47 Å². The first-order chi connectivity index (χ1) is 9.72.